The van der Waals surface area contributed by atoms with E-state index >= 15 is 0 Å². The van der Waals surface area contributed by atoms with Gasteiger partial charge in [0.1, 0.15) is 0 Å². The summed E-state index contributed by atoms with van der Waals surface area (Å²) in [6, 6.07) is 12.5. The number of hydrogen-bond donors (Lipinski definition) is 2. The third-order valence-electron chi connectivity index (χ3n) is 4.04. The van der Waals surface area contributed by atoms with Gasteiger partial charge in [0.05, 0.1) is 11.2 Å². The van der Waals surface area contributed by atoms with Crippen molar-refractivity contribution in [2.24, 2.45) is 0 Å². The summed E-state index contributed by atoms with van der Waals surface area (Å²) in [6.45, 7) is 2.11. The number of hydrogen-bond acceptors (Lipinski definition) is 4. The zero-order valence-corrected chi connectivity index (χ0v) is 14.0. The van der Waals surface area contributed by atoms with Gasteiger partial charge >= 0.3 is 0 Å². The number of thiol groups is 1. The lowest BCUT2D eigenvalue weighted by molar-refractivity contribution is 1.16. The van der Waals surface area contributed by atoms with Crippen LogP contribution in [-0.2, 0) is 6.42 Å². The Morgan fingerprint density at radius 1 is 1.14 bits per heavy atom. The van der Waals surface area contributed by atoms with Crippen molar-refractivity contribution in [1.82, 2.24) is 4.98 Å². The minimum absolute atomic E-state index is 0.971. The summed E-state index contributed by atoms with van der Waals surface area (Å²) in [7, 11) is 0. The van der Waals surface area contributed by atoms with E-state index in [0.29, 0.717) is 0 Å². The molecule has 4 heteroatoms. The lowest BCUT2D eigenvalue weighted by Crippen LogP contribution is -1.98. The van der Waals surface area contributed by atoms with E-state index in [1.165, 1.54) is 27.1 Å². The first kappa shape index (κ1) is 14.0. The number of aryl methyl sites for hydroxylation is 2. The van der Waals surface area contributed by atoms with Crippen molar-refractivity contribution >= 4 is 46.7 Å². The highest BCUT2D eigenvalue weighted by atomic mass is 32.2. The van der Waals surface area contributed by atoms with Gasteiger partial charge in [0, 0.05) is 32.8 Å². The van der Waals surface area contributed by atoms with Gasteiger partial charge in [0.2, 0.25) is 0 Å². The summed E-state index contributed by atoms with van der Waals surface area (Å²) in [6.07, 6.45) is 3.07. The molecule has 1 N–H and O–H groups in total. The number of rotatable bonds is 2. The molecule has 0 fully saturated rings. The first-order valence-corrected chi connectivity index (χ1v) is 8.76. The van der Waals surface area contributed by atoms with Gasteiger partial charge in [-0.25, -0.2) is 0 Å². The summed E-state index contributed by atoms with van der Waals surface area (Å²) in [5.41, 5.74) is 5.94. The second kappa shape index (κ2) is 5.52. The predicted octanol–water partition coefficient (Wildman–Crippen LogP) is 5.22. The average molecular weight is 324 g/mol. The zero-order chi connectivity index (χ0) is 15.1. The minimum atomic E-state index is 0.971. The molecule has 0 unspecified atom stereocenters. The molecule has 0 atom stereocenters. The molecule has 1 aliphatic rings. The average Bonchev–Trinajstić information content (AvgIpc) is 3.00. The molecular formula is C18H16N2S2. The number of fused-ring (bicyclic) bond motifs is 3. The van der Waals surface area contributed by atoms with Crippen LogP contribution < -0.4 is 5.32 Å². The summed E-state index contributed by atoms with van der Waals surface area (Å²) in [5, 5.41) is 4.86. The molecule has 2 nitrogen and oxygen atoms in total. The van der Waals surface area contributed by atoms with E-state index in [1.54, 1.807) is 0 Å². The molecule has 0 saturated heterocycles. The highest BCUT2D eigenvalue weighted by Crippen LogP contribution is 2.40. The van der Waals surface area contributed by atoms with Crippen LogP contribution >= 0.6 is 24.4 Å². The molecule has 0 radical (unpaired) electrons. The molecular weight excluding hydrogens is 308 g/mol. The normalized spacial score (nSPS) is 13.4. The summed E-state index contributed by atoms with van der Waals surface area (Å²) >= 11 is 6.29. The molecule has 2 aromatic carbocycles. The van der Waals surface area contributed by atoms with Crippen molar-refractivity contribution in [2.75, 3.05) is 11.1 Å². The standard InChI is InChI=1S/C18H16N2S2/c1-11-10-19-15-6-7-16-14(8-9-22-16)17(15)18(11)20-12-2-4-13(21)5-3-12/h2-7,10,21H,8-9H2,1H3,(H,19,20). The second-order valence-electron chi connectivity index (χ2n) is 5.52. The van der Waals surface area contributed by atoms with E-state index in [1.807, 2.05) is 30.1 Å². The maximum Gasteiger partial charge on any atom is 0.0726 e. The van der Waals surface area contributed by atoms with Gasteiger partial charge in [-0.3, -0.25) is 4.98 Å². The van der Waals surface area contributed by atoms with Crippen LogP contribution in [0.15, 0.2) is 52.4 Å². The monoisotopic (exact) mass is 324 g/mol. The number of benzene rings is 2. The summed E-state index contributed by atoms with van der Waals surface area (Å²) in [5.74, 6) is 1.16. The van der Waals surface area contributed by atoms with Crippen molar-refractivity contribution < 1.29 is 0 Å². The van der Waals surface area contributed by atoms with Gasteiger partial charge in [0.25, 0.3) is 0 Å². The van der Waals surface area contributed by atoms with Crippen molar-refractivity contribution in [1.29, 1.82) is 0 Å². The van der Waals surface area contributed by atoms with Crippen LogP contribution in [0.5, 0.6) is 0 Å². The van der Waals surface area contributed by atoms with Crippen LogP contribution in [0.1, 0.15) is 11.1 Å². The van der Waals surface area contributed by atoms with Crippen molar-refractivity contribution in [2.45, 2.75) is 23.1 Å². The Morgan fingerprint density at radius 3 is 2.77 bits per heavy atom. The number of thioether (sulfide) groups is 1. The Kier molecular flexibility index (Phi) is 3.51. The molecule has 22 heavy (non-hydrogen) atoms. The van der Waals surface area contributed by atoms with Crippen LogP contribution in [0.25, 0.3) is 10.9 Å². The lowest BCUT2D eigenvalue weighted by atomic mass is 10.0. The van der Waals surface area contributed by atoms with Gasteiger partial charge in [-0.1, -0.05) is 0 Å². The van der Waals surface area contributed by atoms with Crippen LogP contribution in [0.2, 0.25) is 0 Å². The van der Waals surface area contributed by atoms with Crippen molar-refractivity contribution in [3.05, 3.63) is 53.7 Å². The Hall–Kier alpha value is -1.65. The van der Waals surface area contributed by atoms with Crippen LogP contribution in [-0.4, -0.2) is 10.7 Å². The Balaban J connectivity index is 1.90. The highest BCUT2D eigenvalue weighted by Gasteiger charge is 2.18. The fourth-order valence-electron chi connectivity index (χ4n) is 2.93. The van der Waals surface area contributed by atoms with Gasteiger partial charge < -0.3 is 5.32 Å². The Morgan fingerprint density at radius 2 is 1.95 bits per heavy atom. The van der Waals surface area contributed by atoms with Crippen LogP contribution in [0.3, 0.4) is 0 Å². The smallest absolute Gasteiger partial charge is 0.0726 e. The van der Waals surface area contributed by atoms with Crippen LogP contribution in [0.4, 0.5) is 11.4 Å². The summed E-state index contributed by atoms with van der Waals surface area (Å²) in [4.78, 5) is 6.98. The molecule has 0 spiro atoms. The topological polar surface area (TPSA) is 24.9 Å². The van der Waals surface area contributed by atoms with Crippen molar-refractivity contribution in [3.63, 3.8) is 0 Å². The molecule has 0 bridgehead atoms. The zero-order valence-electron chi connectivity index (χ0n) is 12.3. The van der Waals surface area contributed by atoms with E-state index in [2.05, 4.69) is 54.1 Å². The van der Waals surface area contributed by atoms with Gasteiger partial charge in [-0.05, 0) is 60.9 Å². The van der Waals surface area contributed by atoms with Crippen LogP contribution in [0, 0.1) is 6.92 Å². The molecule has 2 heterocycles. The molecule has 0 aliphatic carbocycles. The first-order chi connectivity index (χ1) is 10.7. The third-order valence-corrected chi connectivity index (χ3v) is 5.44. The lowest BCUT2D eigenvalue weighted by Gasteiger charge is -2.15. The molecule has 1 aromatic heterocycles. The quantitative estimate of drug-likeness (QED) is 0.632. The highest BCUT2D eigenvalue weighted by molar-refractivity contribution is 7.99. The molecule has 4 rings (SSSR count). The van der Waals surface area contributed by atoms with Crippen molar-refractivity contribution in [3.8, 4) is 0 Å². The molecule has 3 aromatic rings. The number of nitrogens with one attached hydrogen (secondary N) is 1. The summed E-state index contributed by atoms with van der Waals surface area (Å²) < 4.78 is 0. The maximum atomic E-state index is 4.61. The first-order valence-electron chi connectivity index (χ1n) is 7.32. The largest absolute Gasteiger partial charge is 0.355 e. The number of anilines is 2. The SMILES string of the molecule is Cc1cnc2ccc3c(c2c1Nc1ccc(S)cc1)CCS3. The number of nitrogens with zero attached hydrogens (tertiary/aromatic N) is 1. The Labute approximate surface area is 139 Å². The third kappa shape index (κ3) is 2.36. The molecule has 0 amide bonds. The second-order valence-corrected chi connectivity index (χ2v) is 7.18. The van der Waals surface area contributed by atoms with Gasteiger partial charge in [-0.2, -0.15) is 0 Å². The molecule has 110 valence electrons. The fourth-order valence-corrected chi connectivity index (χ4v) is 4.15. The minimum Gasteiger partial charge on any atom is -0.355 e. The van der Waals surface area contributed by atoms with Gasteiger partial charge in [-0.15, -0.1) is 24.4 Å². The predicted molar refractivity (Wildman–Crippen MR) is 97.9 cm³/mol. The maximum absolute atomic E-state index is 4.61. The van der Waals surface area contributed by atoms with E-state index in [9.17, 15) is 0 Å². The van der Waals surface area contributed by atoms with E-state index in [-0.39, 0.29) is 0 Å². The van der Waals surface area contributed by atoms with E-state index in [0.717, 1.165) is 28.3 Å². The van der Waals surface area contributed by atoms with E-state index in [4.69, 9.17) is 0 Å². The van der Waals surface area contributed by atoms with Gasteiger partial charge in [0.15, 0.2) is 0 Å². The van der Waals surface area contributed by atoms with E-state index < -0.39 is 0 Å². The number of aromatic nitrogens is 1. The fraction of sp³-hybridized carbons (Fsp3) is 0.167. The Bertz CT molecular complexity index is 857. The molecule has 0 saturated carbocycles. The molecule has 1 aliphatic heterocycles. The number of pyridine rings is 1.